The van der Waals surface area contributed by atoms with Crippen LogP contribution in [0.1, 0.15) is 24.1 Å². The lowest BCUT2D eigenvalue weighted by atomic mass is 10.1. The molecule has 8 heteroatoms. The predicted octanol–water partition coefficient (Wildman–Crippen LogP) is 3.04. The number of benzene rings is 1. The summed E-state index contributed by atoms with van der Waals surface area (Å²) in [5.74, 6) is 1.22. The molecule has 0 fully saturated rings. The van der Waals surface area contributed by atoms with E-state index in [4.69, 9.17) is 16.3 Å². The van der Waals surface area contributed by atoms with E-state index in [1.54, 1.807) is 24.2 Å². The van der Waals surface area contributed by atoms with E-state index < -0.39 is 0 Å². The number of aromatic amines is 1. The van der Waals surface area contributed by atoms with Gasteiger partial charge in [-0.2, -0.15) is 5.10 Å². The molecule has 0 aliphatic carbocycles. The first kappa shape index (κ1) is 18.0. The van der Waals surface area contributed by atoms with Crippen LogP contribution in [0.3, 0.4) is 0 Å². The number of nitrogens with zero attached hydrogens (tertiary/aromatic N) is 3. The van der Waals surface area contributed by atoms with E-state index in [0.717, 1.165) is 11.3 Å². The van der Waals surface area contributed by atoms with E-state index in [2.05, 4.69) is 20.4 Å². The maximum atomic E-state index is 12.0. The third kappa shape index (κ3) is 4.64. The maximum absolute atomic E-state index is 12.0. The summed E-state index contributed by atoms with van der Waals surface area (Å²) in [5, 5.41) is 7.89. The molecular formula is C18H20ClN5O2. The van der Waals surface area contributed by atoms with E-state index in [-0.39, 0.29) is 11.5 Å². The zero-order chi connectivity index (χ0) is 18.5. The van der Waals surface area contributed by atoms with Crippen LogP contribution < -0.4 is 15.6 Å². The Labute approximate surface area is 156 Å². The molecule has 0 bridgehead atoms. The molecule has 0 amide bonds. The van der Waals surface area contributed by atoms with Crippen molar-refractivity contribution in [1.29, 1.82) is 0 Å². The van der Waals surface area contributed by atoms with E-state index in [0.29, 0.717) is 29.8 Å². The quantitative estimate of drug-likeness (QED) is 0.665. The van der Waals surface area contributed by atoms with Gasteiger partial charge >= 0.3 is 0 Å². The Morgan fingerprint density at radius 3 is 2.96 bits per heavy atom. The number of hydrogen-bond donors (Lipinski definition) is 2. The molecular weight excluding hydrogens is 354 g/mol. The summed E-state index contributed by atoms with van der Waals surface area (Å²) < 4.78 is 6.95. The lowest BCUT2D eigenvalue weighted by Gasteiger charge is -2.13. The molecule has 26 heavy (non-hydrogen) atoms. The lowest BCUT2D eigenvalue weighted by molar-refractivity contribution is 0.414. The van der Waals surface area contributed by atoms with Gasteiger partial charge in [0.2, 0.25) is 5.95 Å². The summed E-state index contributed by atoms with van der Waals surface area (Å²) in [6.45, 7) is 3.09. The van der Waals surface area contributed by atoms with Crippen LogP contribution in [0, 0.1) is 0 Å². The Balaban J connectivity index is 1.71. The van der Waals surface area contributed by atoms with Gasteiger partial charge in [-0.1, -0.05) is 30.7 Å². The Morgan fingerprint density at radius 1 is 1.38 bits per heavy atom. The van der Waals surface area contributed by atoms with Crippen molar-refractivity contribution in [2.75, 3.05) is 12.4 Å². The second-order valence-corrected chi connectivity index (χ2v) is 6.44. The highest BCUT2D eigenvalue weighted by atomic mass is 35.5. The highest BCUT2D eigenvalue weighted by molar-refractivity contribution is 6.30. The molecule has 3 rings (SSSR count). The van der Waals surface area contributed by atoms with Crippen molar-refractivity contribution in [2.45, 2.75) is 25.9 Å². The largest absolute Gasteiger partial charge is 0.497 e. The molecule has 3 aromatic rings. The lowest BCUT2D eigenvalue weighted by Crippen LogP contribution is -2.17. The Kier molecular flexibility index (Phi) is 5.58. The van der Waals surface area contributed by atoms with Crippen LogP contribution in [0.15, 0.2) is 47.5 Å². The number of ether oxygens (including phenoxy) is 1. The molecule has 1 atom stereocenters. The van der Waals surface area contributed by atoms with E-state index >= 15 is 0 Å². The zero-order valence-corrected chi connectivity index (χ0v) is 15.3. The standard InChI is InChI=1S/C18H20ClN5O2/c1-12(10-24-11-14(19)9-21-24)16-7-17(25)23-18(22-16)20-8-13-4-3-5-15(6-13)26-2/h3-7,9,11-12H,8,10H2,1-2H3,(H2,20,22,23,25). The van der Waals surface area contributed by atoms with Crippen molar-refractivity contribution in [3.63, 3.8) is 0 Å². The third-order valence-electron chi connectivity index (χ3n) is 3.92. The second-order valence-electron chi connectivity index (χ2n) is 6.01. The van der Waals surface area contributed by atoms with Gasteiger partial charge in [0, 0.05) is 31.3 Å². The van der Waals surface area contributed by atoms with E-state index in [9.17, 15) is 4.79 Å². The minimum Gasteiger partial charge on any atom is -0.497 e. The third-order valence-corrected chi connectivity index (χ3v) is 4.12. The average molecular weight is 374 g/mol. The van der Waals surface area contributed by atoms with Crippen molar-refractivity contribution in [3.8, 4) is 5.75 Å². The molecule has 7 nitrogen and oxygen atoms in total. The molecule has 0 aliphatic heterocycles. The summed E-state index contributed by atoms with van der Waals surface area (Å²) in [5.41, 5.74) is 1.51. The number of halogens is 1. The maximum Gasteiger partial charge on any atom is 0.252 e. The van der Waals surface area contributed by atoms with Crippen LogP contribution >= 0.6 is 11.6 Å². The number of nitrogens with one attached hydrogen (secondary N) is 2. The SMILES string of the molecule is COc1cccc(CNc2nc(C(C)Cn3cc(Cl)cn3)cc(=O)[nH]2)c1. The van der Waals surface area contributed by atoms with Gasteiger partial charge < -0.3 is 10.1 Å². The molecule has 0 saturated carbocycles. The molecule has 1 unspecified atom stereocenters. The van der Waals surface area contributed by atoms with E-state index in [1.165, 1.54) is 6.07 Å². The molecule has 2 N–H and O–H groups in total. The number of anilines is 1. The molecule has 0 radical (unpaired) electrons. The summed E-state index contributed by atoms with van der Waals surface area (Å²) in [6, 6.07) is 9.21. The summed E-state index contributed by atoms with van der Waals surface area (Å²) in [6.07, 6.45) is 3.33. The summed E-state index contributed by atoms with van der Waals surface area (Å²) in [7, 11) is 1.63. The van der Waals surface area contributed by atoms with Crippen molar-refractivity contribution >= 4 is 17.5 Å². The number of H-pyrrole nitrogens is 1. The van der Waals surface area contributed by atoms with Gasteiger partial charge in [0.25, 0.3) is 5.56 Å². The Hall–Kier alpha value is -2.80. The second kappa shape index (κ2) is 8.05. The highest BCUT2D eigenvalue weighted by Crippen LogP contribution is 2.17. The fraction of sp³-hybridized carbons (Fsp3) is 0.278. The minimum absolute atomic E-state index is 0.00522. The van der Waals surface area contributed by atoms with Crippen molar-refractivity contribution in [2.24, 2.45) is 0 Å². The molecule has 2 aromatic heterocycles. The predicted molar refractivity (Wildman–Crippen MR) is 101 cm³/mol. The van der Waals surface area contributed by atoms with Crippen molar-refractivity contribution in [3.05, 3.63) is 69.4 Å². The topological polar surface area (TPSA) is 84.8 Å². The van der Waals surface area contributed by atoms with Crippen LogP contribution in [0.2, 0.25) is 5.02 Å². The molecule has 2 heterocycles. The summed E-state index contributed by atoms with van der Waals surface area (Å²) in [4.78, 5) is 19.2. The first-order valence-corrected chi connectivity index (χ1v) is 8.57. The van der Waals surface area contributed by atoms with Gasteiger partial charge in [-0.15, -0.1) is 0 Å². The first-order chi connectivity index (χ1) is 12.5. The van der Waals surface area contributed by atoms with E-state index in [1.807, 2.05) is 31.2 Å². The Morgan fingerprint density at radius 2 is 2.23 bits per heavy atom. The molecule has 0 spiro atoms. The van der Waals surface area contributed by atoms with Crippen LogP contribution in [0.25, 0.3) is 0 Å². The van der Waals surface area contributed by atoms with Crippen molar-refractivity contribution < 1.29 is 4.74 Å². The van der Waals surface area contributed by atoms with Gasteiger partial charge in [-0.25, -0.2) is 4.98 Å². The van der Waals surface area contributed by atoms with Gasteiger partial charge in [-0.05, 0) is 17.7 Å². The van der Waals surface area contributed by atoms with Crippen LogP contribution in [-0.2, 0) is 13.1 Å². The van der Waals surface area contributed by atoms with Crippen LogP contribution in [0.5, 0.6) is 5.75 Å². The minimum atomic E-state index is -0.200. The number of hydrogen-bond acceptors (Lipinski definition) is 5. The smallest absolute Gasteiger partial charge is 0.252 e. The normalized spacial score (nSPS) is 12.0. The number of aromatic nitrogens is 4. The number of methoxy groups -OCH3 is 1. The Bertz CT molecular complexity index is 937. The van der Waals surface area contributed by atoms with Gasteiger partial charge in [0.1, 0.15) is 5.75 Å². The fourth-order valence-corrected chi connectivity index (χ4v) is 2.75. The summed E-state index contributed by atoms with van der Waals surface area (Å²) >= 11 is 5.89. The van der Waals surface area contributed by atoms with Crippen molar-refractivity contribution in [1.82, 2.24) is 19.7 Å². The first-order valence-electron chi connectivity index (χ1n) is 8.19. The van der Waals surface area contributed by atoms with Gasteiger partial charge in [-0.3, -0.25) is 14.5 Å². The van der Waals surface area contributed by atoms with Gasteiger partial charge in [0.05, 0.1) is 24.0 Å². The highest BCUT2D eigenvalue weighted by Gasteiger charge is 2.11. The fourth-order valence-electron chi connectivity index (χ4n) is 2.59. The molecule has 0 aliphatic rings. The van der Waals surface area contributed by atoms with Crippen LogP contribution in [0.4, 0.5) is 5.95 Å². The molecule has 0 saturated heterocycles. The van der Waals surface area contributed by atoms with Crippen LogP contribution in [-0.4, -0.2) is 26.9 Å². The van der Waals surface area contributed by atoms with Gasteiger partial charge in [0.15, 0.2) is 0 Å². The monoisotopic (exact) mass is 373 g/mol. The molecule has 136 valence electrons. The molecule has 1 aromatic carbocycles. The zero-order valence-electron chi connectivity index (χ0n) is 14.6. The number of rotatable bonds is 7. The average Bonchev–Trinajstić information content (AvgIpc) is 3.04.